The van der Waals surface area contributed by atoms with E-state index in [0.29, 0.717) is 24.6 Å². The zero-order chi connectivity index (χ0) is 14.3. The SMILES string of the molecule is CC(C)COC(=O)NCc1ccc(C(N)=NO)cc1. The van der Waals surface area contributed by atoms with Crippen LogP contribution in [0.5, 0.6) is 0 Å². The number of oxime groups is 1. The molecule has 1 rings (SSSR count). The van der Waals surface area contributed by atoms with Gasteiger partial charge in [0.15, 0.2) is 5.84 Å². The Kier molecular flexibility index (Phi) is 5.66. The third-order valence-corrected chi connectivity index (χ3v) is 2.34. The predicted octanol–water partition coefficient (Wildman–Crippen LogP) is 1.66. The van der Waals surface area contributed by atoms with E-state index in [9.17, 15) is 4.79 Å². The Morgan fingerprint density at radius 3 is 2.58 bits per heavy atom. The molecule has 0 atom stereocenters. The minimum Gasteiger partial charge on any atom is -0.449 e. The molecule has 0 aromatic heterocycles. The molecule has 0 saturated carbocycles. The average Bonchev–Trinajstić information content (AvgIpc) is 2.42. The summed E-state index contributed by atoms with van der Waals surface area (Å²) in [5, 5.41) is 14.1. The molecular weight excluding hydrogens is 246 g/mol. The van der Waals surface area contributed by atoms with Gasteiger partial charge in [-0.3, -0.25) is 0 Å². The Labute approximate surface area is 112 Å². The Bertz CT molecular complexity index is 441. The molecule has 1 amide bonds. The quantitative estimate of drug-likeness (QED) is 0.326. The van der Waals surface area contributed by atoms with Gasteiger partial charge in [-0.2, -0.15) is 0 Å². The van der Waals surface area contributed by atoms with Crippen LogP contribution in [-0.4, -0.2) is 23.7 Å². The smallest absolute Gasteiger partial charge is 0.407 e. The molecule has 0 spiro atoms. The van der Waals surface area contributed by atoms with E-state index in [1.54, 1.807) is 24.3 Å². The Morgan fingerprint density at radius 2 is 2.05 bits per heavy atom. The van der Waals surface area contributed by atoms with Crippen LogP contribution in [0.2, 0.25) is 0 Å². The highest BCUT2D eigenvalue weighted by Gasteiger charge is 2.04. The minimum atomic E-state index is -0.436. The molecule has 0 aliphatic carbocycles. The number of alkyl carbamates (subject to hydrolysis) is 1. The van der Waals surface area contributed by atoms with Crippen molar-refractivity contribution in [1.29, 1.82) is 0 Å². The highest BCUT2D eigenvalue weighted by molar-refractivity contribution is 5.96. The molecule has 4 N–H and O–H groups in total. The molecule has 0 saturated heterocycles. The maximum Gasteiger partial charge on any atom is 0.407 e. The van der Waals surface area contributed by atoms with E-state index in [1.807, 2.05) is 13.8 Å². The van der Waals surface area contributed by atoms with Crippen molar-refractivity contribution in [3.05, 3.63) is 35.4 Å². The van der Waals surface area contributed by atoms with Crippen LogP contribution in [-0.2, 0) is 11.3 Å². The number of amidine groups is 1. The van der Waals surface area contributed by atoms with Gasteiger partial charge >= 0.3 is 6.09 Å². The highest BCUT2D eigenvalue weighted by Crippen LogP contribution is 2.04. The van der Waals surface area contributed by atoms with Gasteiger partial charge in [0.1, 0.15) is 0 Å². The maximum atomic E-state index is 11.3. The van der Waals surface area contributed by atoms with Crippen molar-refractivity contribution >= 4 is 11.9 Å². The summed E-state index contributed by atoms with van der Waals surface area (Å²) >= 11 is 0. The van der Waals surface area contributed by atoms with Gasteiger partial charge in [-0.25, -0.2) is 4.79 Å². The van der Waals surface area contributed by atoms with Gasteiger partial charge in [0, 0.05) is 12.1 Å². The van der Waals surface area contributed by atoms with Crippen LogP contribution in [0.3, 0.4) is 0 Å². The van der Waals surface area contributed by atoms with E-state index < -0.39 is 6.09 Å². The summed E-state index contributed by atoms with van der Waals surface area (Å²) in [6.45, 7) is 4.71. The monoisotopic (exact) mass is 265 g/mol. The molecule has 0 unspecified atom stereocenters. The van der Waals surface area contributed by atoms with Crippen LogP contribution in [0, 0.1) is 5.92 Å². The fraction of sp³-hybridized carbons (Fsp3) is 0.385. The normalized spacial score (nSPS) is 11.4. The van der Waals surface area contributed by atoms with Crippen LogP contribution in [0.15, 0.2) is 29.4 Å². The van der Waals surface area contributed by atoms with Gasteiger partial charge in [0.2, 0.25) is 0 Å². The van der Waals surface area contributed by atoms with E-state index >= 15 is 0 Å². The van der Waals surface area contributed by atoms with Crippen LogP contribution >= 0.6 is 0 Å². The van der Waals surface area contributed by atoms with Crippen molar-refractivity contribution in [2.24, 2.45) is 16.8 Å². The molecule has 1 aromatic carbocycles. The Hall–Kier alpha value is -2.24. The third kappa shape index (κ3) is 5.29. The molecule has 104 valence electrons. The summed E-state index contributed by atoms with van der Waals surface area (Å²) in [5.74, 6) is 0.363. The number of hydrogen-bond donors (Lipinski definition) is 3. The van der Waals surface area contributed by atoms with Gasteiger partial charge in [-0.15, -0.1) is 0 Å². The standard InChI is InChI=1S/C13H19N3O3/c1-9(2)8-19-13(17)15-7-10-3-5-11(6-4-10)12(14)16-18/h3-6,9,18H,7-8H2,1-2H3,(H2,14,16)(H,15,17). The molecule has 0 bridgehead atoms. The van der Waals surface area contributed by atoms with Gasteiger partial charge in [-0.1, -0.05) is 43.3 Å². The number of nitrogens with one attached hydrogen (secondary N) is 1. The summed E-state index contributed by atoms with van der Waals surface area (Å²) in [5.41, 5.74) is 6.96. The average molecular weight is 265 g/mol. The topological polar surface area (TPSA) is 96.9 Å². The summed E-state index contributed by atoms with van der Waals surface area (Å²) in [7, 11) is 0. The number of carbonyl (C=O) groups is 1. The van der Waals surface area contributed by atoms with Crippen molar-refractivity contribution in [3.8, 4) is 0 Å². The number of ether oxygens (including phenoxy) is 1. The van der Waals surface area contributed by atoms with E-state index in [0.717, 1.165) is 5.56 Å². The first-order chi connectivity index (χ1) is 9.02. The van der Waals surface area contributed by atoms with Gasteiger partial charge in [0.25, 0.3) is 0 Å². The lowest BCUT2D eigenvalue weighted by molar-refractivity contribution is 0.132. The summed E-state index contributed by atoms with van der Waals surface area (Å²) in [4.78, 5) is 11.3. The van der Waals surface area contributed by atoms with E-state index in [1.165, 1.54) is 0 Å². The molecule has 6 heteroatoms. The number of nitrogens with zero attached hydrogens (tertiary/aromatic N) is 1. The number of benzene rings is 1. The van der Waals surface area contributed by atoms with E-state index in [-0.39, 0.29) is 5.84 Å². The first kappa shape index (κ1) is 14.8. The van der Waals surface area contributed by atoms with Crippen molar-refractivity contribution in [3.63, 3.8) is 0 Å². The second-order valence-corrected chi connectivity index (χ2v) is 4.53. The Morgan fingerprint density at radius 1 is 1.42 bits per heavy atom. The lowest BCUT2D eigenvalue weighted by Crippen LogP contribution is -2.25. The van der Waals surface area contributed by atoms with Crippen molar-refractivity contribution < 1.29 is 14.7 Å². The van der Waals surface area contributed by atoms with Crippen molar-refractivity contribution in [2.75, 3.05) is 6.61 Å². The zero-order valence-corrected chi connectivity index (χ0v) is 11.1. The zero-order valence-electron chi connectivity index (χ0n) is 11.1. The first-order valence-corrected chi connectivity index (χ1v) is 6.00. The van der Waals surface area contributed by atoms with Crippen LogP contribution in [0.25, 0.3) is 0 Å². The van der Waals surface area contributed by atoms with E-state index in [2.05, 4.69) is 10.5 Å². The molecule has 19 heavy (non-hydrogen) atoms. The minimum absolute atomic E-state index is 0.0517. The largest absolute Gasteiger partial charge is 0.449 e. The lowest BCUT2D eigenvalue weighted by atomic mass is 10.1. The number of rotatable bonds is 5. The number of amides is 1. The third-order valence-electron chi connectivity index (χ3n) is 2.34. The van der Waals surface area contributed by atoms with Crippen molar-refractivity contribution in [2.45, 2.75) is 20.4 Å². The van der Waals surface area contributed by atoms with Crippen LogP contribution in [0.4, 0.5) is 4.79 Å². The van der Waals surface area contributed by atoms with Gasteiger partial charge in [0.05, 0.1) is 6.61 Å². The molecule has 0 aliphatic rings. The molecule has 6 nitrogen and oxygen atoms in total. The summed E-state index contributed by atoms with van der Waals surface area (Å²) in [6, 6.07) is 7.00. The molecule has 0 heterocycles. The lowest BCUT2D eigenvalue weighted by Gasteiger charge is -2.09. The fourth-order valence-electron chi connectivity index (χ4n) is 1.32. The van der Waals surface area contributed by atoms with Crippen molar-refractivity contribution in [1.82, 2.24) is 5.32 Å². The Balaban J connectivity index is 2.44. The second-order valence-electron chi connectivity index (χ2n) is 4.53. The molecule has 0 aliphatic heterocycles. The van der Waals surface area contributed by atoms with Gasteiger partial charge < -0.3 is 21.0 Å². The summed E-state index contributed by atoms with van der Waals surface area (Å²) in [6.07, 6.45) is -0.436. The van der Waals surface area contributed by atoms with E-state index in [4.69, 9.17) is 15.7 Å². The maximum absolute atomic E-state index is 11.3. The predicted molar refractivity (Wildman–Crippen MR) is 72.0 cm³/mol. The van der Waals surface area contributed by atoms with Gasteiger partial charge in [-0.05, 0) is 11.5 Å². The van der Waals surface area contributed by atoms with Crippen LogP contribution < -0.4 is 11.1 Å². The molecule has 0 radical (unpaired) electrons. The molecule has 0 fully saturated rings. The fourth-order valence-corrected chi connectivity index (χ4v) is 1.32. The molecular formula is C13H19N3O3. The second kappa shape index (κ2) is 7.25. The number of nitrogens with two attached hydrogens (primary N) is 1. The number of carbonyl (C=O) groups excluding carboxylic acids is 1. The summed E-state index contributed by atoms with van der Waals surface area (Å²) < 4.78 is 4.98. The van der Waals surface area contributed by atoms with Crippen LogP contribution in [0.1, 0.15) is 25.0 Å². The highest BCUT2D eigenvalue weighted by atomic mass is 16.5. The first-order valence-electron chi connectivity index (χ1n) is 6.00. The number of hydrogen-bond acceptors (Lipinski definition) is 4. The molecule has 1 aromatic rings.